The molecule has 0 aliphatic rings. The molecule has 3 rings (SSSR count). The molecule has 1 aromatic heterocycles. The molecule has 0 aliphatic carbocycles. The quantitative estimate of drug-likeness (QED) is 0.714. The minimum Gasteiger partial charge on any atom is -0.351 e. The van der Waals surface area contributed by atoms with Gasteiger partial charge in [0.05, 0.1) is 22.0 Å². The standard InChI is InChI=1S/C19H21N3OS/c1-13-7-3-4-8-15(13)11-20-18(23)12-24-14(2)19-21-16-9-5-6-10-17(16)22-19/h3-10,14H,11-12H2,1-2H3,(H,20,23)(H,21,22). The summed E-state index contributed by atoms with van der Waals surface area (Å²) in [5.41, 5.74) is 4.34. The number of nitrogens with zero attached hydrogens (tertiary/aromatic N) is 1. The summed E-state index contributed by atoms with van der Waals surface area (Å²) in [6, 6.07) is 16.1. The Morgan fingerprint density at radius 1 is 1.21 bits per heavy atom. The van der Waals surface area contributed by atoms with Crippen molar-refractivity contribution >= 4 is 28.7 Å². The maximum absolute atomic E-state index is 12.1. The molecule has 124 valence electrons. The maximum atomic E-state index is 12.1. The molecule has 1 amide bonds. The van der Waals surface area contributed by atoms with E-state index in [4.69, 9.17) is 0 Å². The summed E-state index contributed by atoms with van der Waals surface area (Å²) in [4.78, 5) is 20.0. The Bertz CT molecular complexity index is 810. The molecule has 0 saturated carbocycles. The smallest absolute Gasteiger partial charge is 0.230 e. The van der Waals surface area contributed by atoms with E-state index in [9.17, 15) is 4.79 Å². The number of imidazole rings is 1. The molecule has 0 spiro atoms. The fourth-order valence-corrected chi connectivity index (χ4v) is 3.27. The van der Waals surface area contributed by atoms with Gasteiger partial charge in [0, 0.05) is 6.54 Å². The van der Waals surface area contributed by atoms with Gasteiger partial charge >= 0.3 is 0 Å². The highest BCUT2D eigenvalue weighted by atomic mass is 32.2. The van der Waals surface area contributed by atoms with Gasteiger partial charge in [-0.3, -0.25) is 4.79 Å². The van der Waals surface area contributed by atoms with Crippen molar-refractivity contribution in [2.24, 2.45) is 0 Å². The van der Waals surface area contributed by atoms with E-state index in [1.807, 2.05) is 42.5 Å². The van der Waals surface area contributed by atoms with Crippen molar-refractivity contribution in [3.05, 3.63) is 65.5 Å². The van der Waals surface area contributed by atoms with E-state index < -0.39 is 0 Å². The van der Waals surface area contributed by atoms with Crippen LogP contribution in [0.3, 0.4) is 0 Å². The molecule has 2 aromatic carbocycles. The van der Waals surface area contributed by atoms with E-state index in [1.165, 1.54) is 5.56 Å². The molecular formula is C19H21N3OS. The number of carbonyl (C=O) groups is 1. The van der Waals surface area contributed by atoms with Crippen LogP contribution >= 0.6 is 11.8 Å². The molecule has 5 heteroatoms. The van der Waals surface area contributed by atoms with Crippen molar-refractivity contribution in [3.63, 3.8) is 0 Å². The van der Waals surface area contributed by atoms with Gasteiger partial charge in [-0.2, -0.15) is 0 Å². The molecule has 2 N–H and O–H groups in total. The summed E-state index contributed by atoms with van der Waals surface area (Å²) in [5, 5.41) is 3.12. The number of hydrogen-bond donors (Lipinski definition) is 2. The fraction of sp³-hybridized carbons (Fsp3) is 0.263. The summed E-state index contributed by atoms with van der Waals surface area (Å²) < 4.78 is 0. The number of thioether (sulfide) groups is 1. The Morgan fingerprint density at radius 2 is 1.96 bits per heavy atom. The molecule has 1 atom stereocenters. The van der Waals surface area contributed by atoms with E-state index in [0.717, 1.165) is 22.4 Å². The molecule has 1 heterocycles. The molecule has 0 fully saturated rings. The number of aromatic amines is 1. The Morgan fingerprint density at radius 3 is 2.75 bits per heavy atom. The van der Waals surface area contributed by atoms with Crippen LogP contribution < -0.4 is 5.32 Å². The van der Waals surface area contributed by atoms with Crippen LogP contribution in [0.5, 0.6) is 0 Å². The lowest BCUT2D eigenvalue weighted by Crippen LogP contribution is -2.25. The van der Waals surface area contributed by atoms with Gasteiger partial charge in [-0.25, -0.2) is 4.98 Å². The number of hydrogen-bond acceptors (Lipinski definition) is 3. The van der Waals surface area contributed by atoms with Gasteiger partial charge in [-0.05, 0) is 37.1 Å². The largest absolute Gasteiger partial charge is 0.351 e. The first-order chi connectivity index (χ1) is 11.6. The molecule has 0 radical (unpaired) electrons. The second kappa shape index (κ2) is 7.53. The van der Waals surface area contributed by atoms with Crippen molar-refractivity contribution < 1.29 is 4.79 Å². The molecule has 0 aliphatic heterocycles. The minimum absolute atomic E-state index is 0.0474. The van der Waals surface area contributed by atoms with Crippen LogP contribution in [0, 0.1) is 6.92 Å². The van der Waals surface area contributed by atoms with Crippen LogP contribution in [0.2, 0.25) is 0 Å². The predicted molar refractivity (Wildman–Crippen MR) is 100.0 cm³/mol. The highest BCUT2D eigenvalue weighted by Gasteiger charge is 2.13. The van der Waals surface area contributed by atoms with Crippen molar-refractivity contribution in [3.8, 4) is 0 Å². The fourth-order valence-electron chi connectivity index (χ4n) is 2.50. The number of aromatic nitrogens is 2. The van der Waals surface area contributed by atoms with Crippen molar-refractivity contribution in [2.45, 2.75) is 25.6 Å². The van der Waals surface area contributed by atoms with E-state index in [-0.39, 0.29) is 11.2 Å². The Hall–Kier alpha value is -2.27. The van der Waals surface area contributed by atoms with Crippen molar-refractivity contribution in [2.75, 3.05) is 5.75 Å². The summed E-state index contributed by atoms with van der Waals surface area (Å²) in [6.07, 6.45) is 0. The zero-order valence-corrected chi connectivity index (χ0v) is 14.7. The lowest BCUT2D eigenvalue weighted by atomic mass is 10.1. The first-order valence-electron chi connectivity index (χ1n) is 8.01. The van der Waals surface area contributed by atoms with Gasteiger partial charge in [0.25, 0.3) is 0 Å². The lowest BCUT2D eigenvalue weighted by molar-refractivity contribution is -0.118. The summed E-state index contributed by atoms with van der Waals surface area (Å²) in [5.74, 6) is 1.38. The summed E-state index contributed by atoms with van der Waals surface area (Å²) >= 11 is 1.59. The number of amides is 1. The molecule has 0 saturated heterocycles. The van der Waals surface area contributed by atoms with Crippen LogP contribution in [0.1, 0.15) is 29.1 Å². The van der Waals surface area contributed by atoms with Gasteiger partial charge in [0.1, 0.15) is 5.82 Å². The van der Waals surface area contributed by atoms with E-state index in [2.05, 4.69) is 35.2 Å². The van der Waals surface area contributed by atoms with Gasteiger partial charge < -0.3 is 10.3 Å². The van der Waals surface area contributed by atoms with Gasteiger partial charge in [0.2, 0.25) is 5.91 Å². The van der Waals surface area contributed by atoms with Gasteiger partial charge in [-0.1, -0.05) is 36.4 Å². The lowest BCUT2D eigenvalue weighted by Gasteiger charge is -2.10. The second-order valence-corrected chi connectivity index (χ2v) is 7.12. The third-order valence-electron chi connectivity index (χ3n) is 3.99. The molecule has 3 aromatic rings. The van der Waals surface area contributed by atoms with Crippen LogP contribution in [-0.4, -0.2) is 21.6 Å². The molecule has 24 heavy (non-hydrogen) atoms. The SMILES string of the molecule is Cc1ccccc1CNC(=O)CSC(C)c1nc2ccccc2[nH]1. The first kappa shape index (κ1) is 16.6. The second-order valence-electron chi connectivity index (χ2n) is 5.80. The highest BCUT2D eigenvalue weighted by Crippen LogP contribution is 2.27. The predicted octanol–water partition coefficient (Wildman–Crippen LogP) is 3.98. The number of fused-ring (bicyclic) bond motifs is 1. The van der Waals surface area contributed by atoms with Gasteiger partial charge in [0.15, 0.2) is 0 Å². The molecule has 1 unspecified atom stereocenters. The molecular weight excluding hydrogens is 318 g/mol. The summed E-state index contributed by atoms with van der Waals surface area (Å²) in [7, 11) is 0. The van der Waals surface area contributed by atoms with E-state index in [1.54, 1.807) is 11.8 Å². The Kier molecular flexibility index (Phi) is 5.20. The number of nitrogens with one attached hydrogen (secondary N) is 2. The first-order valence-corrected chi connectivity index (χ1v) is 9.06. The highest BCUT2D eigenvalue weighted by molar-refractivity contribution is 8.00. The Labute approximate surface area is 146 Å². The van der Waals surface area contributed by atoms with Crippen LogP contribution in [0.25, 0.3) is 11.0 Å². The topological polar surface area (TPSA) is 57.8 Å². The molecule has 4 nitrogen and oxygen atoms in total. The van der Waals surface area contributed by atoms with Gasteiger partial charge in [-0.15, -0.1) is 11.8 Å². The average molecular weight is 339 g/mol. The Balaban J connectivity index is 1.51. The number of rotatable bonds is 6. The van der Waals surface area contributed by atoms with Crippen LogP contribution in [-0.2, 0) is 11.3 Å². The number of aryl methyl sites for hydroxylation is 1. The van der Waals surface area contributed by atoms with E-state index >= 15 is 0 Å². The monoisotopic (exact) mass is 339 g/mol. The number of para-hydroxylation sites is 2. The van der Waals surface area contributed by atoms with E-state index in [0.29, 0.717) is 12.3 Å². The third-order valence-corrected chi connectivity index (χ3v) is 5.15. The van der Waals surface area contributed by atoms with Crippen molar-refractivity contribution in [1.82, 2.24) is 15.3 Å². The zero-order valence-electron chi connectivity index (χ0n) is 13.9. The number of benzene rings is 2. The zero-order chi connectivity index (χ0) is 16.9. The third kappa shape index (κ3) is 3.97. The molecule has 0 bridgehead atoms. The number of H-pyrrole nitrogens is 1. The average Bonchev–Trinajstić information content (AvgIpc) is 3.03. The normalized spacial score (nSPS) is 12.2. The van der Waals surface area contributed by atoms with Crippen molar-refractivity contribution in [1.29, 1.82) is 0 Å². The van der Waals surface area contributed by atoms with Crippen LogP contribution in [0.15, 0.2) is 48.5 Å². The minimum atomic E-state index is 0.0474. The van der Waals surface area contributed by atoms with Crippen LogP contribution in [0.4, 0.5) is 0 Å². The summed E-state index contributed by atoms with van der Waals surface area (Å²) in [6.45, 7) is 4.70. The number of carbonyl (C=O) groups excluding carboxylic acids is 1. The maximum Gasteiger partial charge on any atom is 0.230 e.